The van der Waals surface area contributed by atoms with Gasteiger partial charge in [0.15, 0.2) is 0 Å². The number of sulfonamides is 1. The summed E-state index contributed by atoms with van der Waals surface area (Å²) in [6.07, 6.45) is 0.244. The molecule has 230 valence electrons. The van der Waals surface area contributed by atoms with Gasteiger partial charge in [-0.2, -0.15) is 0 Å². The monoisotopic (exact) mass is 631 g/mol. The fourth-order valence-electron chi connectivity index (χ4n) is 4.83. The van der Waals surface area contributed by atoms with Crippen LogP contribution in [0.15, 0.2) is 108 Å². The molecule has 0 spiro atoms. The number of hydrogen-bond donors (Lipinski definition) is 1. The number of carbonyl (C=O) groups excluding carboxylic acids is 2. The molecule has 1 atom stereocenters. The van der Waals surface area contributed by atoms with Crippen LogP contribution in [-0.4, -0.2) is 43.8 Å². The van der Waals surface area contributed by atoms with Crippen molar-refractivity contribution >= 4 is 39.1 Å². The van der Waals surface area contributed by atoms with Gasteiger partial charge in [0, 0.05) is 19.0 Å². The predicted molar refractivity (Wildman–Crippen MR) is 176 cm³/mol. The van der Waals surface area contributed by atoms with Gasteiger partial charge >= 0.3 is 0 Å². The third kappa shape index (κ3) is 8.27. The Morgan fingerprint density at radius 1 is 0.773 bits per heavy atom. The minimum atomic E-state index is -4.22. The molecule has 0 saturated carbocycles. The van der Waals surface area contributed by atoms with E-state index >= 15 is 0 Å². The summed E-state index contributed by atoms with van der Waals surface area (Å²) in [7, 11) is -4.22. The molecule has 7 nitrogen and oxygen atoms in total. The summed E-state index contributed by atoms with van der Waals surface area (Å²) in [5, 5.41) is 3.14. The molecule has 0 aromatic heterocycles. The Hall–Kier alpha value is -4.14. The lowest BCUT2D eigenvalue weighted by Gasteiger charge is -2.34. The zero-order chi connectivity index (χ0) is 31.9. The number of para-hydroxylation sites is 1. The average Bonchev–Trinajstić information content (AvgIpc) is 2.99. The van der Waals surface area contributed by atoms with Crippen LogP contribution in [-0.2, 0) is 32.6 Å². The zero-order valence-electron chi connectivity index (χ0n) is 25.4. The standard InChI is InChI=1S/C35H38ClN3O4S/c1-25(2)37-35(41)33(22-28-10-6-5-7-11-28)38(23-29-18-14-26(3)15-19-29)34(40)24-39(32-13-9-8-12-31(32)36)44(42,43)30-20-16-27(4)17-21-30/h5-21,25,33H,22-24H2,1-4H3,(H,37,41). The normalized spacial score (nSPS) is 12.0. The zero-order valence-corrected chi connectivity index (χ0v) is 27.0. The van der Waals surface area contributed by atoms with Crippen LogP contribution in [0.2, 0.25) is 5.02 Å². The van der Waals surface area contributed by atoms with Crippen LogP contribution in [0.5, 0.6) is 0 Å². The van der Waals surface area contributed by atoms with Crippen molar-refractivity contribution in [2.24, 2.45) is 0 Å². The van der Waals surface area contributed by atoms with Crippen molar-refractivity contribution in [1.82, 2.24) is 10.2 Å². The van der Waals surface area contributed by atoms with Gasteiger partial charge < -0.3 is 10.2 Å². The van der Waals surface area contributed by atoms with E-state index in [-0.39, 0.29) is 40.5 Å². The molecule has 2 amide bonds. The molecule has 0 bridgehead atoms. The van der Waals surface area contributed by atoms with Crippen LogP contribution in [0.4, 0.5) is 5.69 Å². The second kappa shape index (κ2) is 14.6. The van der Waals surface area contributed by atoms with Crippen LogP contribution in [0.25, 0.3) is 0 Å². The molecular formula is C35H38ClN3O4S. The van der Waals surface area contributed by atoms with E-state index in [4.69, 9.17) is 11.6 Å². The second-order valence-corrected chi connectivity index (χ2v) is 13.4. The van der Waals surface area contributed by atoms with Crippen molar-refractivity contribution in [1.29, 1.82) is 0 Å². The Balaban J connectivity index is 1.81. The van der Waals surface area contributed by atoms with E-state index in [0.717, 1.165) is 26.6 Å². The van der Waals surface area contributed by atoms with Gasteiger partial charge in [0.05, 0.1) is 15.6 Å². The molecule has 4 rings (SSSR count). The SMILES string of the molecule is Cc1ccc(CN(C(=O)CN(c2ccccc2Cl)S(=O)(=O)c2ccc(C)cc2)C(Cc2ccccc2)C(=O)NC(C)C)cc1. The molecule has 1 unspecified atom stereocenters. The first-order valence-electron chi connectivity index (χ1n) is 14.5. The first kappa shape index (κ1) is 32.8. The number of hydrogen-bond acceptors (Lipinski definition) is 4. The number of benzene rings is 4. The summed E-state index contributed by atoms with van der Waals surface area (Å²) >= 11 is 6.53. The van der Waals surface area contributed by atoms with E-state index < -0.39 is 28.5 Å². The third-order valence-electron chi connectivity index (χ3n) is 7.18. The van der Waals surface area contributed by atoms with Crippen molar-refractivity contribution in [2.75, 3.05) is 10.8 Å². The van der Waals surface area contributed by atoms with E-state index in [0.29, 0.717) is 0 Å². The second-order valence-electron chi connectivity index (χ2n) is 11.2. The summed E-state index contributed by atoms with van der Waals surface area (Å²) in [6, 6.07) is 29.0. The quantitative estimate of drug-likeness (QED) is 0.198. The highest BCUT2D eigenvalue weighted by atomic mass is 35.5. The van der Waals surface area contributed by atoms with Gasteiger partial charge in [0.2, 0.25) is 11.8 Å². The smallest absolute Gasteiger partial charge is 0.264 e. The molecule has 0 aliphatic carbocycles. The maximum absolute atomic E-state index is 14.5. The Kier molecular flexibility index (Phi) is 10.8. The third-order valence-corrected chi connectivity index (χ3v) is 9.28. The lowest BCUT2D eigenvalue weighted by Crippen LogP contribution is -2.54. The van der Waals surface area contributed by atoms with Gasteiger partial charge in [0.25, 0.3) is 10.0 Å². The van der Waals surface area contributed by atoms with Crippen LogP contribution in [0.3, 0.4) is 0 Å². The molecule has 1 N–H and O–H groups in total. The fourth-order valence-corrected chi connectivity index (χ4v) is 6.55. The van der Waals surface area contributed by atoms with Gasteiger partial charge in [-0.1, -0.05) is 102 Å². The van der Waals surface area contributed by atoms with Crippen molar-refractivity contribution < 1.29 is 18.0 Å². The highest BCUT2D eigenvalue weighted by Crippen LogP contribution is 2.31. The number of nitrogens with zero attached hydrogens (tertiary/aromatic N) is 2. The van der Waals surface area contributed by atoms with Gasteiger partial charge in [-0.15, -0.1) is 0 Å². The number of aryl methyl sites for hydroxylation is 2. The summed E-state index contributed by atoms with van der Waals surface area (Å²) in [5.74, 6) is -0.865. The first-order valence-corrected chi connectivity index (χ1v) is 16.3. The highest BCUT2D eigenvalue weighted by Gasteiger charge is 2.35. The molecule has 0 heterocycles. The van der Waals surface area contributed by atoms with Crippen molar-refractivity contribution in [3.63, 3.8) is 0 Å². The van der Waals surface area contributed by atoms with Crippen molar-refractivity contribution in [3.05, 3.63) is 130 Å². The van der Waals surface area contributed by atoms with Crippen LogP contribution in [0, 0.1) is 13.8 Å². The van der Waals surface area contributed by atoms with E-state index in [1.54, 1.807) is 36.4 Å². The summed E-state index contributed by atoms with van der Waals surface area (Å²) in [4.78, 5) is 29.7. The number of amides is 2. The predicted octanol–water partition coefficient (Wildman–Crippen LogP) is 6.32. The summed E-state index contributed by atoms with van der Waals surface area (Å²) < 4.78 is 29.2. The number of anilines is 1. The largest absolute Gasteiger partial charge is 0.352 e. The molecule has 0 saturated heterocycles. The molecule has 44 heavy (non-hydrogen) atoms. The molecule has 9 heteroatoms. The average molecular weight is 632 g/mol. The number of nitrogens with one attached hydrogen (secondary N) is 1. The molecule has 0 aliphatic heterocycles. The minimum Gasteiger partial charge on any atom is -0.352 e. The Morgan fingerprint density at radius 3 is 1.93 bits per heavy atom. The lowest BCUT2D eigenvalue weighted by atomic mass is 10.0. The van der Waals surface area contributed by atoms with E-state index in [1.807, 2.05) is 82.3 Å². The summed E-state index contributed by atoms with van der Waals surface area (Å²) in [6.45, 7) is 7.09. The van der Waals surface area contributed by atoms with E-state index in [2.05, 4.69) is 5.32 Å². The highest BCUT2D eigenvalue weighted by molar-refractivity contribution is 7.92. The number of rotatable bonds is 12. The Morgan fingerprint density at radius 2 is 1.34 bits per heavy atom. The Labute approximate surface area is 265 Å². The van der Waals surface area contributed by atoms with Gasteiger partial charge in [-0.25, -0.2) is 8.42 Å². The van der Waals surface area contributed by atoms with Crippen LogP contribution in [0.1, 0.15) is 36.1 Å². The Bertz CT molecular complexity index is 1680. The van der Waals surface area contributed by atoms with E-state index in [1.165, 1.54) is 17.0 Å². The van der Waals surface area contributed by atoms with Crippen molar-refractivity contribution in [3.8, 4) is 0 Å². The molecule has 0 fully saturated rings. The summed E-state index contributed by atoms with van der Waals surface area (Å²) in [5.41, 5.74) is 3.80. The maximum atomic E-state index is 14.5. The van der Waals surface area contributed by atoms with Crippen molar-refractivity contribution in [2.45, 2.75) is 57.6 Å². The lowest BCUT2D eigenvalue weighted by molar-refractivity contribution is -0.140. The van der Waals surface area contributed by atoms with Gasteiger partial charge in [-0.3, -0.25) is 13.9 Å². The topological polar surface area (TPSA) is 86.8 Å². The number of halogens is 1. The fraction of sp³-hybridized carbons (Fsp3) is 0.257. The molecule has 0 radical (unpaired) electrons. The van der Waals surface area contributed by atoms with Crippen LogP contribution < -0.4 is 9.62 Å². The molecule has 4 aromatic carbocycles. The van der Waals surface area contributed by atoms with Gasteiger partial charge in [0.1, 0.15) is 12.6 Å². The van der Waals surface area contributed by atoms with Gasteiger partial charge in [-0.05, 0) is 63.1 Å². The number of carbonyl (C=O) groups is 2. The maximum Gasteiger partial charge on any atom is 0.264 e. The molecule has 0 aliphatic rings. The minimum absolute atomic E-state index is 0.0271. The molecule has 4 aromatic rings. The first-order chi connectivity index (χ1) is 21.0. The van der Waals surface area contributed by atoms with E-state index in [9.17, 15) is 18.0 Å². The van der Waals surface area contributed by atoms with Crippen LogP contribution >= 0.6 is 11.6 Å². The molecular weight excluding hydrogens is 594 g/mol.